The van der Waals surface area contributed by atoms with E-state index in [4.69, 9.17) is 13.8 Å². The lowest BCUT2D eigenvalue weighted by Gasteiger charge is -2.20. The number of carbonyl (C=O) groups is 2. The van der Waals surface area contributed by atoms with E-state index >= 15 is 0 Å². The van der Waals surface area contributed by atoms with E-state index in [0.717, 1.165) is 16.0 Å². The van der Waals surface area contributed by atoms with Crippen molar-refractivity contribution in [3.05, 3.63) is 53.5 Å². The Morgan fingerprint density at radius 2 is 1.74 bits per heavy atom. The number of oxime groups is 1. The Balaban J connectivity index is 1.84. The minimum absolute atomic E-state index is 0.0600. The molecule has 0 saturated carbocycles. The normalized spacial score (nSPS) is 12.4. The van der Waals surface area contributed by atoms with E-state index in [9.17, 15) is 18.0 Å². The van der Waals surface area contributed by atoms with Crippen molar-refractivity contribution < 1.29 is 31.8 Å². The van der Waals surface area contributed by atoms with Crippen LogP contribution in [0.3, 0.4) is 0 Å². The van der Waals surface area contributed by atoms with Crippen molar-refractivity contribution in [2.45, 2.75) is 39.0 Å². The number of benzene rings is 2. The van der Waals surface area contributed by atoms with Gasteiger partial charge in [0, 0.05) is 0 Å². The molecule has 0 bridgehead atoms. The SMILES string of the molecule is CCOC(=O)/C(=N\OS(=O)(=O)c1ccc(OC(=O)C(C)(C)CC)cc1)c1nc2ccccc2s1. The molecule has 34 heavy (non-hydrogen) atoms. The first-order chi connectivity index (χ1) is 16.1. The number of rotatable bonds is 9. The fraction of sp³-hybridized carbons (Fsp3) is 0.304. The van der Waals surface area contributed by atoms with Crippen LogP contribution in [-0.2, 0) is 28.7 Å². The predicted molar refractivity (Wildman–Crippen MR) is 127 cm³/mol. The molecule has 0 N–H and O–H groups in total. The highest BCUT2D eigenvalue weighted by atomic mass is 32.2. The molecule has 0 aliphatic rings. The number of fused-ring (bicyclic) bond motifs is 1. The van der Waals surface area contributed by atoms with Crippen molar-refractivity contribution in [2.24, 2.45) is 10.6 Å². The van der Waals surface area contributed by atoms with Crippen molar-refractivity contribution in [2.75, 3.05) is 6.61 Å². The van der Waals surface area contributed by atoms with E-state index in [1.54, 1.807) is 32.9 Å². The Labute approximate surface area is 201 Å². The van der Waals surface area contributed by atoms with Crippen LogP contribution in [-0.4, -0.2) is 37.7 Å². The van der Waals surface area contributed by atoms with Gasteiger partial charge in [0.25, 0.3) is 0 Å². The molecular formula is C23H24N2O7S2. The maximum absolute atomic E-state index is 12.7. The highest BCUT2D eigenvalue weighted by molar-refractivity contribution is 7.86. The van der Waals surface area contributed by atoms with Gasteiger partial charge < -0.3 is 9.47 Å². The first-order valence-electron chi connectivity index (χ1n) is 10.4. The van der Waals surface area contributed by atoms with Gasteiger partial charge in [0.05, 0.1) is 22.2 Å². The third-order valence-electron chi connectivity index (χ3n) is 4.95. The van der Waals surface area contributed by atoms with Crippen LogP contribution in [0.5, 0.6) is 5.75 Å². The highest BCUT2D eigenvalue weighted by Crippen LogP contribution is 2.26. The number of para-hydroxylation sites is 1. The van der Waals surface area contributed by atoms with Crippen LogP contribution >= 0.6 is 11.3 Å². The van der Waals surface area contributed by atoms with Crippen molar-refractivity contribution in [3.8, 4) is 5.75 Å². The summed E-state index contributed by atoms with van der Waals surface area (Å²) in [7, 11) is -4.38. The maximum atomic E-state index is 12.7. The van der Waals surface area contributed by atoms with Crippen LogP contribution in [0.1, 0.15) is 39.1 Å². The number of esters is 2. The number of hydrogen-bond donors (Lipinski definition) is 0. The van der Waals surface area contributed by atoms with Gasteiger partial charge in [-0.1, -0.05) is 24.2 Å². The van der Waals surface area contributed by atoms with E-state index in [-0.39, 0.29) is 28.0 Å². The maximum Gasteiger partial charge on any atom is 0.363 e. The van der Waals surface area contributed by atoms with E-state index in [2.05, 4.69) is 10.1 Å². The number of hydrogen-bond acceptors (Lipinski definition) is 10. The lowest BCUT2D eigenvalue weighted by atomic mass is 9.91. The van der Waals surface area contributed by atoms with Crippen LogP contribution in [0, 0.1) is 5.41 Å². The number of thiazole rings is 1. The molecule has 11 heteroatoms. The number of ether oxygens (including phenoxy) is 2. The van der Waals surface area contributed by atoms with Crippen LogP contribution in [0.4, 0.5) is 0 Å². The van der Waals surface area contributed by atoms with E-state index < -0.39 is 27.5 Å². The Morgan fingerprint density at radius 1 is 1.06 bits per heavy atom. The summed E-state index contributed by atoms with van der Waals surface area (Å²) in [5, 5.41) is 3.75. The quantitative estimate of drug-likeness (QED) is 0.183. The summed E-state index contributed by atoms with van der Waals surface area (Å²) >= 11 is 1.15. The van der Waals surface area contributed by atoms with Crippen molar-refractivity contribution in [3.63, 3.8) is 0 Å². The van der Waals surface area contributed by atoms with Gasteiger partial charge in [0.1, 0.15) is 10.6 Å². The van der Waals surface area contributed by atoms with Crippen molar-refractivity contribution >= 4 is 49.3 Å². The summed E-state index contributed by atoms with van der Waals surface area (Å²) in [6.07, 6.45) is 0.585. The van der Waals surface area contributed by atoms with Crippen LogP contribution < -0.4 is 4.74 Å². The molecule has 0 amide bonds. The zero-order valence-corrected chi connectivity index (χ0v) is 20.7. The summed E-state index contributed by atoms with van der Waals surface area (Å²) in [5.41, 5.74) is -0.412. The van der Waals surface area contributed by atoms with Crippen molar-refractivity contribution in [1.82, 2.24) is 4.98 Å². The Morgan fingerprint density at radius 3 is 2.35 bits per heavy atom. The third kappa shape index (κ3) is 5.78. The van der Waals surface area contributed by atoms with Crippen LogP contribution in [0.15, 0.2) is 58.6 Å². The van der Waals surface area contributed by atoms with Gasteiger partial charge in [0.2, 0.25) is 5.71 Å². The Bertz CT molecular complexity index is 1290. The van der Waals surface area contributed by atoms with Gasteiger partial charge in [-0.3, -0.25) is 9.08 Å². The number of aromatic nitrogens is 1. The molecule has 0 saturated heterocycles. The summed E-state index contributed by atoms with van der Waals surface area (Å²) in [4.78, 5) is 28.7. The van der Waals surface area contributed by atoms with Gasteiger partial charge in [-0.05, 0) is 63.6 Å². The minimum Gasteiger partial charge on any atom is -0.461 e. The lowest BCUT2D eigenvalue weighted by Crippen LogP contribution is -2.28. The smallest absolute Gasteiger partial charge is 0.363 e. The molecule has 3 aromatic rings. The molecule has 0 aliphatic heterocycles. The zero-order chi connectivity index (χ0) is 24.9. The molecule has 0 fully saturated rings. The molecule has 1 aromatic heterocycles. The zero-order valence-electron chi connectivity index (χ0n) is 19.1. The molecule has 180 valence electrons. The average Bonchev–Trinajstić information content (AvgIpc) is 3.23. The van der Waals surface area contributed by atoms with Gasteiger partial charge in [-0.25, -0.2) is 9.78 Å². The Hall–Kier alpha value is -3.31. The summed E-state index contributed by atoms with van der Waals surface area (Å²) < 4.78 is 41.2. The average molecular weight is 505 g/mol. The highest BCUT2D eigenvalue weighted by Gasteiger charge is 2.28. The predicted octanol–water partition coefficient (Wildman–Crippen LogP) is 4.31. The standard InChI is InChI=1S/C23H24N2O7S2/c1-5-23(3,4)22(27)31-15-11-13-16(14-12-15)34(28,29)32-25-19(21(26)30-6-2)20-24-17-9-7-8-10-18(17)33-20/h7-14H,5-6H2,1-4H3/b25-19-. The van der Waals surface area contributed by atoms with Gasteiger partial charge in [-0.2, -0.15) is 8.42 Å². The second-order valence-electron chi connectivity index (χ2n) is 7.77. The molecule has 3 rings (SSSR count). The Kier molecular flexibility index (Phi) is 7.68. The molecule has 1 heterocycles. The molecule has 0 spiro atoms. The minimum atomic E-state index is -4.38. The van der Waals surface area contributed by atoms with Crippen LogP contribution in [0.2, 0.25) is 0 Å². The molecule has 9 nitrogen and oxygen atoms in total. The first-order valence-corrected chi connectivity index (χ1v) is 12.7. The van der Waals surface area contributed by atoms with E-state index in [1.807, 2.05) is 19.1 Å². The number of nitrogens with zero attached hydrogens (tertiary/aromatic N) is 2. The molecule has 0 atom stereocenters. The number of carbonyl (C=O) groups excluding carboxylic acids is 2. The molecular weight excluding hydrogens is 480 g/mol. The molecule has 0 unspecified atom stereocenters. The second kappa shape index (κ2) is 10.3. The first kappa shape index (κ1) is 25.3. The summed E-state index contributed by atoms with van der Waals surface area (Å²) in [6, 6.07) is 12.3. The summed E-state index contributed by atoms with van der Waals surface area (Å²) in [5.74, 6) is -1.10. The van der Waals surface area contributed by atoms with E-state index in [0.29, 0.717) is 11.9 Å². The van der Waals surface area contributed by atoms with Gasteiger partial charge in [-0.15, -0.1) is 11.3 Å². The topological polar surface area (TPSA) is 121 Å². The molecule has 0 radical (unpaired) electrons. The van der Waals surface area contributed by atoms with Crippen LogP contribution in [0.25, 0.3) is 10.2 Å². The fourth-order valence-corrected chi connectivity index (χ4v) is 4.19. The van der Waals surface area contributed by atoms with Gasteiger partial charge in [0.15, 0.2) is 5.01 Å². The summed E-state index contributed by atoms with van der Waals surface area (Å²) in [6.45, 7) is 7.05. The van der Waals surface area contributed by atoms with Gasteiger partial charge >= 0.3 is 22.1 Å². The van der Waals surface area contributed by atoms with E-state index in [1.165, 1.54) is 24.3 Å². The molecule has 0 aliphatic carbocycles. The second-order valence-corrected chi connectivity index (χ2v) is 10.3. The fourth-order valence-electron chi connectivity index (χ4n) is 2.53. The monoisotopic (exact) mass is 504 g/mol. The third-order valence-corrected chi connectivity index (χ3v) is 7.11. The van der Waals surface area contributed by atoms with Crippen molar-refractivity contribution in [1.29, 1.82) is 0 Å². The molecule has 2 aromatic carbocycles. The lowest BCUT2D eigenvalue weighted by molar-refractivity contribution is -0.144. The largest absolute Gasteiger partial charge is 0.461 e.